The molecule has 1 aromatic heterocycles. The second kappa shape index (κ2) is 2.91. The van der Waals surface area contributed by atoms with Gasteiger partial charge < -0.3 is 0 Å². The molecule has 1 heterocycles. The van der Waals surface area contributed by atoms with Gasteiger partial charge in [-0.15, -0.1) is 0 Å². The molecule has 0 amide bonds. The maximum absolute atomic E-state index is 2.22. The molecule has 0 bridgehead atoms. The predicted octanol–water partition coefficient (Wildman–Crippen LogP) is 2.06. The molecule has 0 atom stereocenters. The van der Waals surface area contributed by atoms with Crippen LogP contribution >= 0.6 is 11.3 Å². The number of hydrogen-bond donors (Lipinski definition) is 0. The minimum atomic E-state index is 1.40. The van der Waals surface area contributed by atoms with Crippen molar-refractivity contribution in [2.45, 2.75) is 13.8 Å². The van der Waals surface area contributed by atoms with Crippen LogP contribution in [0.1, 0.15) is 15.3 Å². The maximum atomic E-state index is 2.22. The van der Waals surface area contributed by atoms with Gasteiger partial charge in [-0.25, -0.2) is 0 Å². The van der Waals surface area contributed by atoms with E-state index in [-0.39, 0.29) is 0 Å². The fourth-order valence-electron chi connectivity index (χ4n) is 0.803. The van der Waals surface area contributed by atoms with Crippen molar-refractivity contribution in [2.75, 3.05) is 0 Å². The molecule has 46 valence electrons. The Balaban J connectivity index is 3.15. The van der Waals surface area contributed by atoms with E-state index in [9.17, 15) is 0 Å². The van der Waals surface area contributed by atoms with E-state index in [1.807, 2.05) is 11.3 Å². The third kappa shape index (κ3) is 1.60. The van der Waals surface area contributed by atoms with Crippen molar-refractivity contribution in [2.24, 2.45) is 0 Å². The molecule has 2 heteroatoms. The third-order valence-electron chi connectivity index (χ3n) is 1.21. The summed E-state index contributed by atoms with van der Waals surface area (Å²) in [4.78, 5) is 2.81. The molecular weight excluding hydrogens is 164 g/mol. The molecule has 0 aliphatic rings. The molecule has 0 aliphatic carbocycles. The summed E-state index contributed by atoms with van der Waals surface area (Å²) in [5, 5.41) is 0. The van der Waals surface area contributed by atoms with Gasteiger partial charge in [0.2, 0.25) is 0 Å². The van der Waals surface area contributed by atoms with Crippen LogP contribution < -0.4 is 0 Å². The second-order valence-corrected chi connectivity index (χ2v) is 3.79. The first-order valence-electron chi connectivity index (χ1n) is 2.81. The Hall–Kier alpha value is 0.284. The van der Waals surface area contributed by atoms with Gasteiger partial charge >= 0.3 is 70.9 Å². The monoisotopic (exact) mass is 172 g/mol. The first kappa shape index (κ1) is 7.39. The number of rotatable bonds is 1. The van der Waals surface area contributed by atoms with Crippen molar-refractivity contribution < 1.29 is 20.0 Å². The zero-order valence-corrected chi connectivity index (χ0v) is 7.94. The minimum absolute atomic E-state index is 1.40. The van der Waals surface area contributed by atoms with E-state index in [1.165, 1.54) is 15.3 Å². The molecule has 0 fully saturated rings. The van der Waals surface area contributed by atoms with Crippen molar-refractivity contribution in [3.8, 4) is 0 Å². The Morgan fingerprint density at radius 1 is 1.56 bits per heavy atom. The fourth-order valence-corrected chi connectivity index (χ4v) is 2.30. The van der Waals surface area contributed by atoms with Crippen molar-refractivity contribution in [1.29, 1.82) is 0 Å². The molecule has 9 heavy (non-hydrogen) atoms. The molecule has 0 saturated carbocycles. The van der Waals surface area contributed by atoms with Crippen molar-refractivity contribution >= 4 is 15.7 Å². The zero-order valence-electron chi connectivity index (χ0n) is 5.56. The van der Waals surface area contributed by atoms with Crippen molar-refractivity contribution in [3.05, 3.63) is 21.4 Å². The van der Waals surface area contributed by atoms with Gasteiger partial charge in [0.25, 0.3) is 0 Å². The van der Waals surface area contributed by atoms with Gasteiger partial charge in [0.05, 0.1) is 0 Å². The van der Waals surface area contributed by atoms with Crippen LogP contribution in [0, 0.1) is 13.8 Å². The van der Waals surface area contributed by atoms with Crippen LogP contribution in [0.15, 0.2) is 6.07 Å². The quantitative estimate of drug-likeness (QED) is 0.569. The van der Waals surface area contributed by atoms with E-state index in [4.69, 9.17) is 0 Å². The molecule has 0 nitrogen and oxygen atoms in total. The fraction of sp³-hybridized carbons (Fsp3) is 0.286. The predicted molar refractivity (Wildman–Crippen MR) is 39.0 cm³/mol. The molecule has 0 saturated heterocycles. The molecular formula is C7H8STi. The summed E-state index contributed by atoms with van der Waals surface area (Å²) in [5.41, 5.74) is 1.40. The molecule has 0 spiro atoms. The van der Waals surface area contributed by atoms with Gasteiger partial charge in [-0.2, -0.15) is 0 Å². The Morgan fingerprint density at radius 3 is 2.44 bits per heavy atom. The summed E-state index contributed by atoms with van der Waals surface area (Å²) in [5.74, 6) is 0. The molecule has 0 aromatic carbocycles. The van der Waals surface area contributed by atoms with Crippen LogP contribution in [-0.4, -0.2) is 4.31 Å². The van der Waals surface area contributed by atoms with Gasteiger partial charge in [-0.1, -0.05) is 0 Å². The topological polar surface area (TPSA) is 0 Å². The Labute approximate surface area is 70.8 Å². The van der Waals surface area contributed by atoms with Crippen LogP contribution in [0.3, 0.4) is 0 Å². The summed E-state index contributed by atoms with van der Waals surface area (Å²) in [7, 11) is 0. The Morgan fingerprint density at radius 2 is 2.22 bits per heavy atom. The third-order valence-corrected chi connectivity index (χ3v) is 3.09. The van der Waals surface area contributed by atoms with Crippen LogP contribution in [0.25, 0.3) is 0 Å². The average molecular weight is 172 g/mol. The van der Waals surface area contributed by atoms with E-state index in [1.54, 1.807) is 0 Å². The van der Waals surface area contributed by atoms with Crippen molar-refractivity contribution in [1.82, 2.24) is 0 Å². The number of aryl methyl sites for hydroxylation is 2. The van der Waals surface area contributed by atoms with Crippen molar-refractivity contribution in [3.63, 3.8) is 0 Å². The van der Waals surface area contributed by atoms with Gasteiger partial charge in [0.1, 0.15) is 0 Å². The molecule has 1 aromatic rings. The molecule has 0 aliphatic heterocycles. The second-order valence-electron chi connectivity index (χ2n) is 2.05. The van der Waals surface area contributed by atoms with Crippen LogP contribution in [0.2, 0.25) is 0 Å². The molecule has 1 rings (SSSR count). The first-order chi connectivity index (χ1) is 4.24. The summed E-state index contributed by atoms with van der Waals surface area (Å²) in [6.45, 7) is 4.30. The zero-order chi connectivity index (χ0) is 6.85. The molecule has 0 unspecified atom stereocenters. The van der Waals surface area contributed by atoms with E-state index in [2.05, 4.69) is 44.2 Å². The average Bonchev–Trinajstić information content (AvgIpc) is 2.10. The normalized spacial score (nSPS) is 9.44. The molecule has 0 radical (unpaired) electrons. The van der Waals surface area contributed by atoms with Gasteiger partial charge in [0.15, 0.2) is 0 Å². The van der Waals surface area contributed by atoms with E-state index < -0.39 is 0 Å². The summed E-state index contributed by atoms with van der Waals surface area (Å²) in [6, 6.07) is 2.22. The van der Waals surface area contributed by atoms with E-state index in [0.717, 1.165) is 0 Å². The summed E-state index contributed by atoms with van der Waals surface area (Å²) < 4.78 is 2.16. The van der Waals surface area contributed by atoms with E-state index in [0.29, 0.717) is 0 Å². The Kier molecular flexibility index (Phi) is 2.39. The van der Waals surface area contributed by atoms with Gasteiger partial charge in [0, 0.05) is 0 Å². The first-order valence-corrected chi connectivity index (χ1v) is 4.53. The molecule has 0 N–H and O–H groups in total. The van der Waals surface area contributed by atoms with Crippen LogP contribution in [0.5, 0.6) is 0 Å². The SMILES string of the molecule is Cc1cc(C)c([CH]=[Ti])s1. The number of hydrogen-bond acceptors (Lipinski definition) is 1. The van der Waals surface area contributed by atoms with Gasteiger partial charge in [-0.05, 0) is 0 Å². The summed E-state index contributed by atoms with van der Waals surface area (Å²) >= 11 is 3.94. The van der Waals surface area contributed by atoms with Crippen LogP contribution in [0.4, 0.5) is 0 Å². The van der Waals surface area contributed by atoms with Gasteiger partial charge in [-0.3, -0.25) is 0 Å². The standard InChI is InChI=1S/C7H8S.Ti/c1-5-4-6(2)8-7(5)3;/h3-4H,1-2H3;. The van der Waals surface area contributed by atoms with E-state index >= 15 is 0 Å². The number of thiophene rings is 1. The Bertz CT molecular complexity index is 225. The van der Waals surface area contributed by atoms with Crippen LogP contribution in [-0.2, 0) is 20.0 Å². The summed E-state index contributed by atoms with van der Waals surface area (Å²) in [6.07, 6.45) is 0.